The van der Waals surface area contributed by atoms with E-state index in [1.54, 1.807) is 22.7 Å². The van der Waals surface area contributed by atoms with Crippen molar-refractivity contribution in [2.45, 2.75) is 25.7 Å². The molecule has 10 aromatic rings. The summed E-state index contributed by atoms with van der Waals surface area (Å²) >= 11 is 7.10. The predicted molar refractivity (Wildman–Crippen MR) is 295 cm³/mol. The Bertz CT molecular complexity index is 3060. The van der Waals surface area contributed by atoms with Gasteiger partial charge in [-0.05, 0) is 166 Å². The van der Waals surface area contributed by atoms with E-state index in [9.17, 15) is 9.59 Å². The molecule has 4 aromatic heterocycles. The summed E-state index contributed by atoms with van der Waals surface area (Å²) in [6.07, 6.45) is 1.96. The van der Waals surface area contributed by atoms with Crippen LogP contribution in [0.25, 0.3) is 51.5 Å². The summed E-state index contributed by atoms with van der Waals surface area (Å²) in [6, 6.07) is 69.4. The molecule has 0 aliphatic heterocycles. The highest BCUT2D eigenvalue weighted by Crippen LogP contribution is 2.43. The molecule has 0 spiro atoms. The summed E-state index contributed by atoms with van der Waals surface area (Å²) in [4.78, 5) is 35.6. The molecule has 0 bridgehead atoms. The van der Waals surface area contributed by atoms with Crippen LogP contribution in [0.3, 0.4) is 0 Å². The maximum atomic E-state index is 11.8. The van der Waals surface area contributed by atoms with E-state index in [0.717, 1.165) is 45.3 Å². The molecular formula is C60H48N2O4S4. The van der Waals surface area contributed by atoms with Gasteiger partial charge in [0.25, 0.3) is 0 Å². The number of carbonyl (C=O) groups is 2. The number of ether oxygens (including phenoxy) is 2. The Morgan fingerprint density at radius 3 is 0.929 bits per heavy atom. The lowest BCUT2D eigenvalue weighted by molar-refractivity contribution is -0.141. The average molecular weight is 989 g/mol. The number of carbonyl (C=O) groups excluding carboxylic acids is 2. The van der Waals surface area contributed by atoms with Crippen LogP contribution in [0.5, 0.6) is 0 Å². The zero-order chi connectivity index (χ0) is 47.8. The maximum absolute atomic E-state index is 11.8. The largest absolute Gasteiger partial charge is 0.469 e. The Morgan fingerprint density at radius 1 is 0.357 bits per heavy atom. The summed E-state index contributed by atoms with van der Waals surface area (Å²) in [5.74, 6) is -0.411. The minimum atomic E-state index is -0.206. The van der Waals surface area contributed by atoms with Crippen molar-refractivity contribution in [2.75, 3.05) is 24.0 Å². The molecule has 4 heterocycles. The molecule has 70 heavy (non-hydrogen) atoms. The number of methoxy groups -OCH3 is 2. The maximum Gasteiger partial charge on any atom is 0.305 e. The topological polar surface area (TPSA) is 59.1 Å². The van der Waals surface area contributed by atoms with Gasteiger partial charge in [-0.3, -0.25) is 9.59 Å². The van der Waals surface area contributed by atoms with E-state index >= 15 is 0 Å². The third kappa shape index (κ3) is 10.6. The van der Waals surface area contributed by atoms with Gasteiger partial charge in [0.1, 0.15) is 0 Å². The molecule has 10 heteroatoms. The molecule has 0 saturated heterocycles. The summed E-state index contributed by atoms with van der Waals surface area (Å²) in [5, 5.41) is 4.21. The minimum absolute atomic E-state index is 0.206. The van der Waals surface area contributed by atoms with E-state index in [1.807, 2.05) is 22.7 Å². The van der Waals surface area contributed by atoms with Crippen LogP contribution < -0.4 is 9.80 Å². The van der Waals surface area contributed by atoms with Crippen molar-refractivity contribution in [3.63, 3.8) is 0 Å². The Kier molecular flexibility index (Phi) is 14.3. The van der Waals surface area contributed by atoms with E-state index in [0.29, 0.717) is 25.7 Å². The first kappa shape index (κ1) is 46.4. The van der Waals surface area contributed by atoms with Crippen molar-refractivity contribution in [1.82, 2.24) is 0 Å². The average Bonchev–Trinajstić information content (AvgIpc) is 4.29. The predicted octanol–water partition coefficient (Wildman–Crippen LogP) is 17.4. The van der Waals surface area contributed by atoms with Gasteiger partial charge in [0.2, 0.25) is 0 Å². The van der Waals surface area contributed by atoms with Gasteiger partial charge in [0.05, 0.1) is 14.2 Å². The van der Waals surface area contributed by atoms with E-state index < -0.39 is 0 Å². The van der Waals surface area contributed by atoms with Crippen LogP contribution in [-0.2, 0) is 31.9 Å². The number of benzene rings is 6. The highest BCUT2D eigenvalue weighted by molar-refractivity contribution is 7.25. The van der Waals surface area contributed by atoms with Crippen LogP contribution >= 0.6 is 45.3 Å². The molecule has 346 valence electrons. The van der Waals surface area contributed by atoms with Crippen molar-refractivity contribution in [3.05, 3.63) is 216 Å². The first-order chi connectivity index (χ1) is 34.4. The van der Waals surface area contributed by atoms with E-state index in [-0.39, 0.29) is 11.9 Å². The van der Waals surface area contributed by atoms with Gasteiger partial charge in [-0.25, -0.2) is 0 Å². The third-order valence-corrected chi connectivity index (χ3v) is 16.5. The highest BCUT2D eigenvalue weighted by atomic mass is 32.1. The first-order valence-electron chi connectivity index (χ1n) is 23.0. The molecule has 0 radical (unpaired) electrons. The Balaban J connectivity index is 0.869. The molecule has 0 aliphatic rings. The lowest BCUT2D eigenvalue weighted by atomic mass is 10.1. The van der Waals surface area contributed by atoms with E-state index in [4.69, 9.17) is 9.47 Å². The number of hydrogen-bond acceptors (Lipinski definition) is 10. The summed E-state index contributed by atoms with van der Waals surface area (Å²) in [6.45, 7) is 0. The number of rotatable bonds is 17. The second-order valence-corrected chi connectivity index (χ2v) is 20.7. The standard InChI is InChI=1S/C60H48N2O4S4/c1-65-59(63)37-11-41-7-21-47(22-8-41)61(49-25-13-43(14-26-49)53-5-3-39-67-53)51-29-17-45(18-30-51)55-33-35-57(69-55)58-36-34-56(70-58)46-19-31-52(32-20-46)62(48-23-9-42(10-24-48)12-38-60(64)66-2)50-27-15-44(16-28-50)54-6-4-40-68-54/h3-10,13-36,39-40H,11-12,37-38H2,1-2H3. The van der Waals surface area contributed by atoms with Crippen molar-refractivity contribution in [3.8, 4) is 51.5 Å². The van der Waals surface area contributed by atoms with Crippen LogP contribution in [-0.4, -0.2) is 26.2 Å². The zero-order valence-corrected chi connectivity index (χ0v) is 41.9. The summed E-state index contributed by atoms with van der Waals surface area (Å²) in [7, 11) is 2.86. The number of aryl methyl sites for hydroxylation is 2. The van der Waals surface area contributed by atoms with Crippen LogP contribution in [0, 0.1) is 0 Å². The molecule has 0 N–H and O–H groups in total. The molecular weight excluding hydrogens is 941 g/mol. The molecule has 0 atom stereocenters. The second kappa shape index (κ2) is 21.5. The van der Waals surface area contributed by atoms with Crippen molar-refractivity contribution in [1.29, 1.82) is 0 Å². The van der Waals surface area contributed by atoms with Gasteiger partial charge in [-0.2, -0.15) is 0 Å². The Morgan fingerprint density at radius 2 is 0.643 bits per heavy atom. The van der Waals surface area contributed by atoms with Gasteiger partial charge in [-0.15, -0.1) is 45.3 Å². The van der Waals surface area contributed by atoms with Crippen LogP contribution in [0.1, 0.15) is 24.0 Å². The highest BCUT2D eigenvalue weighted by Gasteiger charge is 2.17. The van der Waals surface area contributed by atoms with E-state index in [2.05, 4.69) is 215 Å². The summed E-state index contributed by atoms with van der Waals surface area (Å²) in [5.41, 5.74) is 13.2. The van der Waals surface area contributed by atoms with Crippen molar-refractivity contribution < 1.29 is 19.1 Å². The molecule has 0 unspecified atom stereocenters. The zero-order valence-electron chi connectivity index (χ0n) is 38.6. The number of thiophene rings is 4. The SMILES string of the molecule is COC(=O)CCc1ccc(N(c2ccc(-c3cccs3)cc2)c2ccc(-c3ccc(-c4ccc(-c5ccc(N(c6ccc(CCC(=O)OC)cc6)c6ccc(-c7cccs7)cc6)cc5)s4)s3)cc2)cc1. The lowest BCUT2D eigenvalue weighted by Crippen LogP contribution is -2.10. The number of anilines is 6. The first-order valence-corrected chi connectivity index (χ1v) is 26.4. The summed E-state index contributed by atoms with van der Waals surface area (Å²) < 4.78 is 9.74. The van der Waals surface area contributed by atoms with Gasteiger partial charge < -0.3 is 19.3 Å². The molecule has 0 fully saturated rings. The smallest absolute Gasteiger partial charge is 0.305 e. The lowest BCUT2D eigenvalue weighted by Gasteiger charge is -2.26. The molecule has 10 rings (SSSR count). The van der Waals surface area contributed by atoms with Crippen LogP contribution in [0.15, 0.2) is 205 Å². The quantitative estimate of drug-likeness (QED) is 0.0847. The fraction of sp³-hybridized carbons (Fsp3) is 0.100. The second-order valence-electron chi connectivity index (χ2n) is 16.6. The fourth-order valence-electron chi connectivity index (χ4n) is 8.45. The fourth-order valence-corrected chi connectivity index (χ4v) is 12.0. The van der Waals surface area contributed by atoms with Crippen molar-refractivity contribution in [2.24, 2.45) is 0 Å². The van der Waals surface area contributed by atoms with Gasteiger partial charge in [0, 0.05) is 76.2 Å². The van der Waals surface area contributed by atoms with Gasteiger partial charge >= 0.3 is 11.9 Å². The number of nitrogens with zero attached hydrogens (tertiary/aromatic N) is 2. The number of esters is 2. The molecule has 0 aliphatic carbocycles. The van der Waals surface area contributed by atoms with E-state index in [1.165, 1.54) is 65.7 Å². The van der Waals surface area contributed by atoms with Crippen molar-refractivity contribution >= 4 is 91.4 Å². The molecule has 6 nitrogen and oxygen atoms in total. The van der Waals surface area contributed by atoms with Crippen LogP contribution in [0.4, 0.5) is 34.1 Å². The van der Waals surface area contributed by atoms with Gasteiger partial charge in [0.15, 0.2) is 0 Å². The monoisotopic (exact) mass is 988 g/mol. The number of hydrogen-bond donors (Lipinski definition) is 0. The molecule has 6 aromatic carbocycles. The Hall–Kier alpha value is -7.34. The Labute approximate surface area is 424 Å². The van der Waals surface area contributed by atoms with Gasteiger partial charge in [-0.1, -0.05) is 84.9 Å². The normalized spacial score (nSPS) is 11.1. The van der Waals surface area contributed by atoms with Crippen LogP contribution in [0.2, 0.25) is 0 Å². The third-order valence-electron chi connectivity index (χ3n) is 12.2. The molecule has 0 amide bonds. The minimum Gasteiger partial charge on any atom is -0.469 e. The molecule has 0 saturated carbocycles.